The minimum absolute atomic E-state index is 0.00231. The van der Waals surface area contributed by atoms with Gasteiger partial charge in [-0.3, -0.25) is 15.0 Å². The monoisotopic (exact) mass is 135 g/mol. The van der Waals surface area contributed by atoms with Crippen LogP contribution in [0.2, 0.25) is 0 Å². The highest BCUT2D eigenvalue weighted by atomic mass is 15.1. The molecular weight excluding hydrogens is 128 g/mol. The second-order valence-electron chi connectivity index (χ2n) is 2.20. The molecule has 0 saturated carbocycles. The van der Waals surface area contributed by atoms with Crippen LogP contribution in [0, 0.1) is 0 Å². The molecule has 10 heavy (non-hydrogen) atoms. The van der Waals surface area contributed by atoms with Crippen molar-refractivity contribution in [3.8, 4) is 0 Å². The van der Waals surface area contributed by atoms with Crippen LogP contribution in [0.3, 0.4) is 0 Å². The van der Waals surface area contributed by atoms with Gasteiger partial charge in [0.25, 0.3) is 0 Å². The zero-order chi connectivity index (χ0) is 6.81. The Labute approximate surface area is 58.8 Å². The van der Waals surface area contributed by atoms with Gasteiger partial charge >= 0.3 is 0 Å². The van der Waals surface area contributed by atoms with E-state index in [2.05, 4.69) is 26.6 Å². The molecule has 2 rings (SSSR count). The summed E-state index contributed by atoms with van der Waals surface area (Å²) in [6, 6.07) is 0.162. The van der Waals surface area contributed by atoms with Crippen LogP contribution in [0.15, 0.2) is 15.0 Å². The molecule has 4 heteroatoms. The fraction of sp³-hybridized carbons (Fsp3) is 0.500. The fourth-order valence-electron chi connectivity index (χ4n) is 0.987. The highest BCUT2D eigenvalue weighted by Gasteiger charge is 2.21. The van der Waals surface area contributed by atoms with Gasteiger partial charge in [0.2, 0.25) is 0 Å². The zero-order valence-electron chi connectivity index (χ0n) is 5.36. The van der Waals surface area contributed by atoms with E-state index in [1.165, 1.54) is 0 Å². The topological polar surface area (TPSA) is 49.1 Å². The lowest BCUT2D eigenvalue weighted by Crippen LogP contribution is -2.24. The molecule has 2 aliphatic heterocycles. The first-order valence-corrected chi connectivity index (χ1v) is 3.19. The Kier molecular flexibility index (Phi) is 1.23. The van der Waals surface area contributed by atoms with Crippen molar-refractivity contribution in [2.45, 2.75) is 12.2 Å². The molecule has 51 valence electrons. The minimum Gasteiger partial charge on any atom is -0.365 e. The Morgan fingerprint density at radius 2 is 2.20 bits per heavy atom. The molecule has 0 aromatic carbocycles. The Hall–Kier alpha value is -1.19. The van der Waals surface area contributed by atoms with E-state index >= 15 is 0 Å². The molecule has 0 aromatic heterocycles. The third-order valence-electron chi connectivity index (χ3n) is 1.51. The van der Waals surface area contributed by atoms with Gasteiger partial charge in [0.05, 0.1) is 0 Å². The minimum atomic E-state index is 0.00231. The van der Waals surface area contributed by atoms with E-state index < -0.39 is 0 Å². The summed E-state index contributed by atoms with van der Waals surface area (Å²) in [5.74, 6) is 0. The second-order valence-corrected chi connectivity index (χ2v) is 2.20. The third kappa shape index (κ3) is 0.814. The van der Waals surface area contributed by atoms with Crippen molar-refractivity contribution in [3.05, 3.63) is 0 Å². The summed E-state index contributed by atoms with van der Waals surface area (Å²) in [6.07, 6.45) is 6.09. The summed E-state index contributed by atoms with van der Waals surface area (Å²) >= 11 is 0. The van der Waals surface area contributed by atoms with E-state index in [0.29, 0.717) is 0 Å². The summed E-state index contributed by atoms with van der Waals surface area (Å²) < 4.78 is 0. The molecule has 2 aliphatic rings. The number of nitrogens with one attached hydrogen (secondary N) is 1. The Bertz CT molecular complexity index is 194. The van der Waals surface area contributed by atoms with Crippen molar-refractivity contribution in [2.75, 3.05) is 6.54 Å². The third-order valence-corrected chi connectivity index (χ3v) is 1.51. The molecule has 0 bridgehead atoms. The van der Waals surface area contributed by atoms with Crippen LogP contribution in [-0.4, -0.2) is 37.5 Å². The average Bonchev–Trinajstić information content (AvgIpc) is 2.59. The van der Waals surface area contributed by atoms with Gasteiger partial charge in [-0.05, 0) is 0 Å². The van der Waals surface area contributed by atoms with Crippen molar-refractivity contribution in [1.29, 1.82) is 0 Å². The molecule has 2 heterocycles. The first kappa shape index (κ1) is 5.58. The Morgan fingerprint density at radius 3 is 2.80 bits per heavy atom. The molecule has 0 aliphatic carbocycles. The SMILES string of the molecule is [C]1=NC(C2N=CC=N2)CN1. The number of hydrogen-bond acceptors (Lipinski definition) is 4. The second kappa shape index (κ2) is 2.21. The van der Waals surface area contributed by atoms with Crippen molar-refractivity contribution >= 4 is 18.8 Å². The smallest absolute Gasteiger partial charge is 0.164 e. The van der Waals surface area contributed by atoms with Crippen molar-refractivity contribution in [2.24, 2.45) is 15.0 Å². The summed E-state index contributed by atoms with van der Waals surface area (Å²) in [5, 5.41) is 2.88. The largest absolute Gasteiger partial charge is 0.365 e. The first-order chi connectivity index (χ1) is 4.97. The van der Waals surface area contributed by atoms with Crippen LogP contribution in [0.5, 0.6) is 0 Å². The lowest BCUT2D eigenvalue weighted by Gasteiger charge is -2.07. The first-order valence-electron chi connectivity index (χ1n) is 3.19. The molecular formula is C6H7N4. The zero-order valence-corrected chi connectivity index (χ0v) is 5.36. The molecule has 1 radical (unpaired) electrons. The predicted molar refractivity (Wildman–Crippen MR) is 40.0 cm³/mol. The van der Waals surface area contributed by atoms with E-state index in [9.17, 15) is 0 Å². The molecule has 0 amide bonds. The molecule has 0 fully saturated rings. The summed E-state index contributed by atoms with van der Waals surface area (Å²) in [4.78, 5) is 12.2. The number of aliphatic imine (C=N–C) groups is 3. The quantitative estimate of drug-likeness (QED) is 0.510. The molecule has 1 unspecified atom stereocenters. The van der Waals surface area contributed by atoms with E-state index in [1.807, 2.05) is 0 Å². The summed E-state index contributed by atoms with van der Waals surface area (Å²) in [7, 11) is 0. The summed E-state index contributed by atoms with van der Waals surface area (Å²) in [5.41, 5.74) is 0. The van der Waals surface area contributed by atoms with Gasteiger partial charge < -0.3 is 5.32 Å². The number of nitrogens with zero attached hydrogens (tertiary/aromatic N) is 3. The van der Waals surface area contributed by atoms with E-state index in [1.54, 1.807) is 12.4 Å². The lowest BCUT2D eigenvalue weighted by atomic mass is 10.2. The van der Waals surface area contributed by atoms with Crippen LogP contribution in [0.4, 0.5) is 0 Å². The molecule has 4 nitrogen and oxygen atoms in total. The average molecular weight is 135 g/mol. The molecule has 0 aromatic rings. The highest BCUT2D eigenvalue weighted by Crippen LogP contribution is 2.08. The molecule has 1 N–H and O–H groups in total. The van der Waals surface area contributed by atoms with Crippen molar-refractivity contribution in [1.82, 2.24) is 5.32 Å². The Morgan fingerprint density at radius 1 is 1.40 bits per heavy atom. The van der Waals surface area contributed by atoms with Crippen LogP contribution in [0.25, 0.3) is 0 Å². The highest BCUT2D eigenvalue weighted by molar-refractivity contribution is 6.17. The van der Waals surface area contributed by atoms with Gasteiger partial charge in [-0.15, -0.1) is 0 Å². The van der Waals surface area contributed by atoms with Gasteiger partial charge in [-0.1, -0.05) is 0 Å². The maximum atomic E-state index is 4.10. The van der Waals surface area contributed by atoms with E-state index in [0.717, 1.165) is 6.54 Å². The van der Waals surface area contributed by atoms with Crippen LogP contribution < -0.4 is 5.32 Å². The maximum Gasteiger partial charge on any atom is 0.164 e. The molecule has 0 saturated heterocycles. The molecule has 1 atom stereocenters. The normalized spacial score (nSPS) is 29.8. The van der Waals surface area contributed by atoms with E-state index in [4.69, 9.17) is 0 Å². The van der Waals surface area contributed by atoms with Gasteiger partial charge in [0.15, 0.2) is 12.5 Å². The lowest BCUT2D eigenvalue weighted by molar-refractivity contribution is 0.574. The van der Waals surface area contributed by atoms with Crippen LogP contribution in [-0.2, 0) is 0 Å². The van der Waals surface area contributed by atoms with Gasteiger partial charge in [-0.2, -0.15) is 0 Å². The number of rotatable bonds is 1. The van der Waals surface area contributed by atoms with Gasteiger partial charge in [-0.25, -0.2) is 0 Å². The van der Waals surface area contributed by atoms with Gasteiger partial charge in [0.1, 0.15) is 6.04 Å². The predicted octanol–water partition coefficient (Wildman–Crippen LogP) is -0.655. The van der Waals surface area contributed by atoms with E-state index in [-0.39, 0.29) is 12.2 Å². The summed E-state index contributed by atoms with van der Waals surface area (Å²) in [6.45, 7) is 0.805. The molecule has 0 spiro atoms. The number of hydrogen-bond donors (Lipinski definition) is 1. The fourth-order valence-corrected chi connectivity index (χ4v) is 0.987. The van der Waals surface area contributed by atoms with Gasteiger partial charge in [0, 0.05) is 19.0 Å². The van der Waals surface area contributed by atoms with Crippen molar-refractivity contribution < 1.29 is 0 Å². The van der Waals surface area contributed by atoms with Crippen LogP contribution in [0.1, 0.15) is 0 Å². The standard InChI is InChI=1S/C6H7N4/c1-2-9-6(8-1)5-3-7-4-10-5/h1-2,5-6H,3H2,(H,7,10). The van der Waals surface area contributed by atoms with Crippen LogP contribution >= 0.6 is 0 Å². The van der Waals surface area contributed by atoms with Crippen molar-refractivity contribution in [3.63, 3.8) is 0 Å². The maximum absolute atomic E-state index is 4.10. The Balaban J connectivity index is 2.05.